The molecule has 3 aromatic rings. The number of hydrogen-bond acceptors (Lipinski definition) is 3. The fraction of sp³-hybridized carbons (Fsp3) is 0.292. The molecule has 1 N–H and O–H groups in total. The van der Waals surface area contributed by atoms with Gasteiger partial charge in [0.15, 0.2) is 11.5 Å². The molecular weight excluding hydrogens is 400 g/mol. The molecule has 0 bridgehead atoms. The standard InChI is InChI=1S/C24H25ClN2O3/c1-16-20-14-23(30-2)22(28)13-18(20)9-12-27(16)24(29)15-21(26-10-3-4-11-26)17-5-7-19(25)8-6-17/h3-8,10-11,13-14,16,21,28H,9,12,15H2,1-2H3. The van der Waals surface area contributed by atoms with E-state index in [1.165, 1.54) is 7.11 Å². The van der Waals surface area contributed by atoms with Crippen molar-refractivity contribution in [2.24, 2.45) is 0 Å². The SMILES string of the molecule is COc1cc2c(cc1O)CCN(C(=O)CC(c1ccc(Cl)cc1)n1cccc1)C2C. The zero-order valence-electron chi connectivity index (χ0n) is 17.1. The van der Waals surface area contributed by atoms with Gasteiger partial charge in [-0.05, 0) is 66.4 Å². The first-order chi connectivity index (χ1) is 14.5. The molecule has 1 aliphatic heterocycles. The molecule has 2 heterocycles. The zero-order chi connectivity index (χ0) is 21.3. The Balaban J connectivity index is 1.59. The van der Waals surface area contributed by atoms with Crippen LogP contribution < -0.4 is 4.74 Å². The van der Waals surface area contributed by atoms with Crippen LogP contribution in [0.5, 0.6) is 11.5 Å². The van der Waals surface area contributed by atoms with Crippen molar-refractivity contribution in [2.45, 2.75) is 31.8 Å². The van der Waals surface area contributed by atoms with E-state index in [0.717, 1.165) is 16.7 Å². The second-order valence-corrected chi connectivity index (χ2v) is 8.07. The van der Waals surface area contributed by atoms with Gasteiger partial charge in [0.25, 0.3) is 0 Å². The molecule has 156 valence electrons. The molecule has 0 radical (unpaired) electrons. The Bertz CT molecular complexity index is 1030. The summed E-state index contributed by atoms with van der Waals surface area (Å²) in [6, 6.07) is 15.0. The van der Waals surface area contributed by atoms with Gasteiger partial charge in [-0.25, -0.2) is 0 Å². The van der Waals surface area contributed by atoms with E-state index in [9.17, 15) is 9.90 Å². The quantitative estimate of drug-likeness (QED) is 0.628. The van der Waals surface area contributed by atoms with Crippen molar-refractivity contribution in [3.8, 4) is 11.5 Å². The monoisotopic (exact) mass is 424 g/mol. The number of amides is 1. The molecule has 2 atom stereocenters. The van der Waals surface area contributed by atoms with E-state index in [4.69, 9.17) is 16.3 Å². The van der Waals surface area contributed by atoms with Crippen LogP contribution in [0.1, 0.15) is 42.1 Å². The number of nitrogens with zero attached hydrogens (tertiary/aromatic N) is 2. The number of halogens is 1. The average molecular weight is 425 g/mol. The normalized spacial score (nSPS) is 16.8. The predicted molar refractivity (Wildman–Crippen MR) is 117 cm³/mol. The summed E-state index contributed by atoms with van der Waals surface area (Å²) >= 11 is 6.06. The minimum atomic E-state index is -0.104. The number of ether oxygens (including phenoxy) is 1. The molecule has 30 heavy (non-hydrogen) atoms. The molecular formula is C24H25ClN2O3. The van der Waals surface area contributed by atoms with Crippen LogP contribution in [0, 0.1) is 0 Å². The number of rotatable bonds is 5. The maximum absolute atomic E-state index is 13.4. The Morgan fingerprint density at radius 2 is 1.93 bits per heavy atom. The Morgan fingerprint density at radius 3 is 2.60 bits per heavy atom. The number of fused-ring (bicyclic) bond motifs is 1. The maximum atomic E-state index is 13.4. The number of phenolic OH excluding ortho intramolecular Hbond substituents is 1. The number of carbonyl (C=O) groups is 1. The number of phenols is 1. The molecule has 0 saturated carbocycles. The Labute approximate surface area is 181 Å². The van der Waals surface area contributed by atoms with E-state index >= 15 is 0 Å². The number of benzene rings is 2. The van der Waals surface area contributed by atoms with Crippen molar-refractivity contribution >= 4 is 17.5 Å². The highest BCUT2D eigenvalue weighted by Gasteiger charge is 2.30. The van der Waals surface area contributed by atoms with Crippen molar-refractivity contribution in [3.63, 3.8) is 0 Å². The first-order valence-electron chi connectivity index (χ1n) is 10.0. The van der Waals surface area contributed by atoms with E-state index in [0.29, 0.717) is 30.2 Å². The molecule has 1 amide bonds. The van der Waals surface area contributed by atoms with E-state index < -0.39 is 0 Å². The molecule has 4 rings (SSSR count). The topological polar surface area (TPSA) is 54.7 Å². The second-order valence-electron chi connectivity index (χ2n) is 7.64. The number of methoxy groups -OCH3 is 1. The number of carbonyl (C=O) groups excluding carboxylic acids is 1. The molecule has 2 unspecified atom stereocenters. The summed E-state index contributed by atoms with van der Waals surface area (Å²) in [6.07, 6.45) is 5.02. The van der Waals surface area contributed by atoms with E-state index in [2.05, 4.69) is 4.57 Å². The van der Waals surface area contributed by atoms with Gasteiger partial charge in [-0.2, -0.15) is 0 Å². The Hall–Kier alpha value is -2.92. The number of aromatic nitrogens is 1. The summed E-state index contributed by atoms with van der Waals surface area (Å²) in [4.78, 5) is 15.3. The molecule has 0 fully saturated rings. The summed E-state index contributed by atoms with van der Waals surface area (Å²) in [5.41, 5.74) is 3.12. The van der Waals surface area contributed by atoms with Crippen molar-refractivity contribution in [3.05, 3.63) is 82.6 Å². The van der Waals surface area contributed by atoms with Gasteiger partial charge >= 0.3 is 0 Å². The highest BCUT2D eigenvalue weighted by molar-refractivity contribution is 6.30. The fourth-order valence-electron chi connectivity index (χ4n) is 4.26. The van der Waals surface area contributed by atoms with E-state index in [-0.39, 0.29) is 23.7 Å². The van der Waals surface area contributed by atoms with Crippen LogP contribution in [0.15, 0.2) is 60.9 Å². The van der Waals surface area contributed by atoms with Gasteiger partial charge < -0.3 is 19.3 Å². The summed E-state index contributed by atoms with van der Waals surface area (Å²) in [5.74, 6) is 0.661. The third-order valence-corrected chi connectivity index (χ3v) is 6.16. The van der Waals surface area contributed by atoms with Gasteiger partial charge in [0, 0.05) is 24.0 Å². The van der Waals surface area contributed by atoms with Crippen LogP contribution in [-0.2, 0) is 11.2 Å². The largest absolute Gasteiger partial charge is 0.504 e. The molecule has 0 spiro atoms. The lowest BCUT2D eigenvalue weighted by atomic mass is 9.92. The van der Waals surface area contributed by atoms with Crippen LogP contribution >= 0.6 is 11.6 Å². The molecule has 2 aromatic carbocycles. The minimum absolute atomic E-state index is 0.0914. The minimum Gasteiger partial charge on any atom is -0.504 e. The van der Waals surface area contributed by atoms with Crippen molar-refractivity contribution in [1.29, 1.82) is 0 Å². The zero-order valence-corrected chi connectivity index (χ0v) is 17.8. The van der Waals surface area contributed by atoms with Crippen LogP contribution in [0.4, 0.5) is 0 Å². The summed E-state index contributed by atoms with van der Waals surface area (Å²) in [6.45, 7) is 2.65. The van der Waals surface area contributed by atoms with Crippen molar-refractivity contribution in [2.75, 3.05) is 13.7 Å². The van der Waals surface area contributed by atoms with E-state index in [1.807, 2.05) is 66.7 Å². The molecule has 0 saturated heterocycles. The third kappa shape index (κ3) is 3.90. The van der Waals surface area contributed by atoms with Crippen LogP contribution in [0.25, 0.3) is 0 Å². The average Bonchev–Trinajstić information content (AvgIpc) is 3.27. The van der Waals surface area contributed by atoms with E-state index in [1.54, 1.807) is 6.07 Å². The lowest BCUT2D eigenvalue weighted by Gasteiger charge is -2.36. The van der Waals surface area contributed by atoms with Crippen molar-refractivity contribution < 1.29 is 14.6 Å². The first-order valence-corrected chi connectivity index (χ1v) is 10.4. The van der Waals surface area contributed by atoms with Crippen LogP contribution in [-0.4, -0.2) is 34.1 Å². The molecule has 0 aliphatic carbocycles. The number of aromatic hydroxyl groups is 1. The van der Waals surface area contributed by atoms with Gasteiger partial charge in [-0.1, -0.05) is 23.7 Å². The summed E-state index contributed by atoms with van der Waals surface area (Å²) in [7, 11) is 1.53. The highest BCUT2D eigenvalue weighted by Crippen LogP contribution is 2.38. The summed E-state index contributed by atoms with van der Waals surface area (Å²) < 4.78 is 7.33. The lowest BCUT2D eigenvalue weighted by Crippen LogP contribution is -2.39. The molecule has 5 nitrogen and oxygen atoms in total. The summed E-state index contributed by atoms with van der Waals surface area (Å²) in [5, 5.41) is 10.8. The predicted octanol–water partition coefficient (Wildman–Crippen LogP) is 4.98. The van der Waals surface area contributed by atoms with Crippen LogP contribution in [0.2, 0.25) is 5.02 Å². The maximum Gasteiger partial charge on any atom is 0.225 e. The van der Waals surface area contributed by atoms with Gasteiger partial charge in [-0.15, -0.1) is 0 Å². The van der Waals surface area contributed by atoms with Gasteiger partial charge in [0.2, 0.25) is 5.91 Å². The first kappa shape index (κ1) is 20.4. The molecule has 1 aromatic heterocycles. The Morgan fingerprint density at radius 1 is 1.23 bits per heavy atom. The molecule has 1 aliphatic rings. The van der Waals surface area contributed by atoms with Crippen molar-refractivity contribution in [1.82, 2.24) is 9.47 Å². The van der Waals surface area contributed by atoms with Crippen LogP contribution in [0.3, 0.4) is 0 Å². The lowest BCUT2D eigenvalue weighted by molar-refractivity contribution is -0.134. The van der Waals surface area contributed by atoms with Gasteiger partial charge in [0.1, 0.15) is 0 Å². The number of hydrogen-bond donors (Lipinski definition) is 1. The molecule has 6 heteroatoms. The third-order valence-electron chi connectivity index (χ3n) is 5.91. The Kier molecular flexibility index (Phi) is 5.73. The second kappa shape index (κ2) is 8.44. The smallest absolute Gasteiger partial charge is 0.225 e. The van der Waals surface area contributed by atoms with Gasteiger partial charge in [-0.3, -0.25) is 4.79 Å². The van der Waals surface area contributed by atoms with Gasteiger partial charge in [0.05, 0.1) is 25.6 Å². The fourth-order valence-corrected chi connectivity index (χ4v) is 4.38. The highest BCUT2D eigenvalue weighted by atomic mass is 35.5.